The summed E-state index contributed by atoms with van der Waals surface area (Å²) >= 11 is 12.4. The zero-order chi connectivity index (χ0) is 22.3. The van der Waals surface area contributed by atoms with Crippen LogP contribution < -0.4 is 20.1 Å². The normalized spacial score (nSPS) is 10.9. The number of hydrogen-bond donors (Lipinski definition) is 2. The van der Waals surface area contributed by atoms with Crippen molar-refractivity contribution >= 4 is 46.8 Å². The summed E-state index contributed by atoms with van der Waals surface area (Å²) in [5, 5.41) is 6.17. The molecule has 0 atom stereocenters. The fourth-order valence-electron chi connectivity index (χ4n) is 2.60. The van der Waals surface area contributed by atoms with Gasteiger partial charge >= 0.3 is 0 Å². The van der Waals surface area contributed by atoms with E-state index >= 15 is 0 Å². The molecular weight excluding hydrogens is 427 g/mol. The highest BCUT2D eigenvalue weighted by Crippen LogP contribution is 2.36. The maximum absolute atomic E-state index is 12.4. The number of carbonyl (C=O) groups is 2. The topological polar surface area (TPSA) is 76.7 Å². The van der Waals surface area contributed by atoms with E-state index in [1.54, 1.807) is 30.3 Å². The van der Waals surface area contributed by atoms with Gasteiger partial charge in [-0.1, -0.05) is 23.2 Å². The SMILES string of the molecule is CCOc1cc(C=CC(=O)Nc2cc(C(=O)NC(C)C)ccc2Cl)cc(Cl)c1OC. The minimum Gasteiger partial charge on any atom is -0.491 e. The van der Waals surface area contributed by atoms with E-state index in [9.17, 15) is 9.59 Å². The first-order chi connectivity index (χ1) is 14.2. The molecule has 0 unspecified atom stereocenters. The Bertz CT molecular complexity index is 958. The van der Waals surface area contributed by atoms with Gasteiger partial charge in [0, 0.05) is 17.7 Å². The number of ether oxygens (including phenoxy) is 2. The van der Waals surface area contributed by atoms with E-state index in [1.807, 2.05) is 20.8 Å². The van der Waals surface area contributed by atoms with Gasteiger partial charge in [0.15, 0.2) is 11.5 Å². The number of anilines is 1. The van der Waals surface area contributed by atoms with Crippen LogP contribution in [0.1, 0.15) is 36.7 Å². The summed E-state index contributed by atoms with van der Waals surface area (Å²) in [6.45, 7) is 6.02. The Hall–Kier alpha value is -2.70. The second-order valence-electron chi connectivity index (χ2n) is 6.61. The minimum atomic E-state index is -0.414. The third kappa shape index (κ3) is 6.40. The molecule has 0 radical (unpaired) electrons. The third-order valence-corrected chi connectivity index (χ3v) is 4.48. The van der Waals surface area contributed by atoms with Gasteiger partial charge < -0.3 is 20.1 Å². The van der Waals surface area contributed by atoms with Crippen molar-refractivity contribution in [3.8, 4) is 11.5 Å². The van der Waals surface area contributed by atoms with Gasteiger partial charge in [-0.2, -0.15) is 0 Å². The number of carbonyl (C=O) groups excluding carboxylic acids is 2. The lowest BCUT2D eigenvalue weighted by atomic mass is 10.1. The molecule has 2 N–H and O–H groups in total. The molecule has 2 rings (SSSR count). The fraction of sp³-hybridized carbons (Fsp3) is 0.273. The number of hydrogen-bond acceptors (Lipinski definition) is 4. The van der Waals surface area contributed by atoms with Crippen molar-refractivity contribution in [2.45, 2.75) is 26.8 Å². The quantitative estimate of drug-likeness (QED) is 0.542. The average Bonchev–Trinajstić information content (AvgIpc) is 2.67. The number of rotatable bonds is 8. The lowest BCUT2D eigenvalue weighted by Crippen LogP contribution is -2.30. The Morgan fingerprint density at radius 3 is 2.50 bits per heavy atom. The number of halogens is 2. The molecule has 0 saturated carbocycles. The number of benzene rings is 2. The van der Waals surface area contributed by atoms with Crippen molar-refractivity contribution in [3.63, 3.8) is 0 Å². The molecular formula is C22H24Cl2N2O4. The lowest BCUT2D eigenvalue weighted by Gasteiger charge is -2.12. The van der Waals surface area contributed by atoms with Crippen LogP contribution in [0.2, 0.25) is 10.0 Å². The summed E-state index contributed by atoms with van der Waals surface area (Å²) in [5.74, 6) is 0.259. The van der Waals surface area contributed by atoms with E-state index in [0.717, 1.165) is 0 Å². The van der Waals surface area contributed by atoms with Gasteiger partial charge in [0.2, 0.25) is 5.91 Å². The Balaban J connectivity index is 2.17. The monoisotopic (exact) mass is 450 g/mol. The number of methoxy groups -OCH3 is 1. The van der Waals surface area contributed by atoms with Crippen LogP contribution in [-0.2, 0) is 4.79 Å². The summed E-state index contributed by atoms with van der Waals surface area (Å²) in [6, 6.07) is 8.07. The van der Waals surface area contributed by atoms with E-state index in [1.165, 1.54) is 19.3 Å². The van der Waals surface area contributed by atoms with Crippen molar-refractivity contribution in [1.29, 1.82) is 0 Å². The zero-order valence-corrected chi connectivity index (χ0v) is 18.7. The predicted octanol–water partition coefficient (Wildman–Crippen LogP) is 5.19. The van der Waals surface area contributed by atoms with Crippen molar-refractivity contribution in [2.75, 3.05) is 19.0 Å². The Labute approximate surface area is 186 Å². The van der Waals surface area contributed by atoms with Gasteiger partial charge in [-0.05, 0) is 62.7 Å². The van der Waals surface area contributed by atoms with E-state index in [0.29, 0.717) is 45.0 Å². The molecule has 0 aromatic heterocycles. The highest BCUT2D eigenvalue weighted by Gasteiger charge is 2.12. The third-order valence-electron chi connectivity index (χ3n) is 3.87. The summed E-state index contributed by atoms with van der Waals surface area (Å²) in [7, 11) is 1.51. The fourth-order valence-corrected chi connectivity index (χ4v) is 3.06. The van der Waals surface area contributed by atoms with Gasteiger partial charge in [0.25, 0.3) is 5.91 Å². The molecule has 160 valence electrons. The summed E-state index contributed by atoms with van der Waals surface area (Å²) in [5.41, 5.74) is 1.40. The van der Waals surface area contributed by atoms with Crippen LogP contribution in [0.3, 0.4) is 0 Å². The maximum Gasteiger partial charge on any atom is 0.251 e. The second-order valence-corrected chi connectivity index (χ2v) is 7.43. The van der Waals surface area contributed by atoms with Crippen LogP contribution in [0.15, 0.2) is 36.4 Å². The molecule has 0 spiro atoms. The van der Waals surface area contributed by atoms with Crippen LogP contribution >= 0.6 is 23.2 Å². The Kier molecular flexibility index (Phi) is 8.57. The molecule has 2 aromatic rings. The summed E-state index contributed by atoms with van der Waals surface area (Å²) in [4.78, 5) is 24.5. The first-order valence-corrected chi connectivity index (χ1v) is 10.1. The van der Waals surface area contributed by atoms with E-state index in [2.05, 4.69) is 10.6 Å². The average molecular weight is 451 g/mol. The van der Waals surface area contributed by atoms with Crippen LogP contribution in [0, 0.1) is 0 Å². The number of amides is 2. The molecule has 0 heterocycles. The van der Waals surface area contributed by atoms with Gasteiger partial charge in [-0.25, -0.2) is 0 Å². The van der Waals surface area contributed by atoms with E-state index in [-0.39, 0.29) is 11.9 Å². The Morgan fingerprint density at radius 2 is 1.87 bits per heavy atom. The largest absolute Gasteiger partial charge is 0.491 e. The van der Waals surface area contributed by atoms with E-state index < -0.39 is 5.91 Å². The van der Waals surface area contributed by atoms with Gasteiger partial charge in [-0.3, -0.25) is 9.59 Å². The highest BCUT2D eigenvalue weighted by molar-refractivity contribution is 6.34. The van der Waals surface area contributed by atoms with Crippen molar-refractivity contribution in [3.05, 3.63) is 57.6 Å². The van der Waals surface area contributed by atoms with Crippen LogP contribution in [0.5, 0.6) is 11.5 Å². The maximum atomic E-state index is 12.4. The molecule has 0 bridgehead atoms. The predicted molar refractivity (Wildman–Crippen MR) is 121 cm³/mol. The second kappa shape index (κ2) is 10.9. The van der Waals surface area contributed by atoms with Crippen LogP contribution in [0.4, 0.5) is 5.69 Å². The molecule has 2 aromatic carbocycles. The molecule has 0 aliphatic carbocycles. The summed E-state index contributed by atoms with van der Waals surface area (Å²) < 4.78 is 10.8. The lowest BCUT2D eigenvalue weighted by molar-refractivity contribution is -0.111. The molecule has 0 saturated heterocycles. The van der Waals surface area contributed by atoms with Crippen molar-refractivity contribution < 1.29 is 19.1 Å². The van der Waals surface area contributed by atoms with Crippen LogP contribution in [0.25, 0.3) is 6.08 Å². The molecule has 30 heavy (non-hydrogen) atoms. The molecule has 6 nitrogen and oxygen atoms in total. The summed E-state index contributed by atoms with van der Waals surface area (Å²) in [6.07, 6.45) is 2.93. The molecule has 0 aliphatic rings. The van der Waals surface area contributed by atoms with Gasteiger partial charge in [0.05, 0.1) is 29.4 Å². The van der Waals surface area contributed by atoms with Crippen LogP contribution in [-0.4, -0.2) is 31.6 Å². The minimum absolute atomic E-state index is 0.00736. The van der Waals surface area contributed by atoms with Gasteiger partial charge in [0.1, 0.15) is 0 Å². The van der Waals surface area contributed by atoms with Crippen molar-refractivity contribution in [1.82, 2.24) is 5.32 Å². The first-order valence-electron chi connectivity index (χ1n) is 9.35. The molecule has 0 aliphatic heterocycles. The molecule has 8 heteroatoms. The Morgan fingerprint density at radius 1 is 1.13 bits per heavy atom. The molecule has 2 amide bonds. The number of nitrogens with one attached hydrogen (secondary N) is 2. The van der Waals surface area contributed by atoms with Crippen molar-refractivity contribution in [2.24, 2.45) is 0 Å². The smallest absolute Gasteiger partial charge is 0.251 e. The zero-order valence-electron chi connectivity index (χ0n) is 17.2. The van der Waals surface area contributed by atoms with E-state index in [4.69, 9.17) is 32.7 Å². The van der Waals surface area contributed by atoms with Gasteiger partial charge in [-0.15, -0.1) is 0 Å². The highest BCUT2D eigenvalue weighted by atomic mass is 35.5. The first kappa shape index (κ1) is 23.6. The standard InChI is InChI=1S/C22H24Cl2N2O4/c1-5-30-19-11-14(10-17(24)21(19)29-4)6-9-20(27)26-18-12-15(7-8-16(18)23)22(28)25-13(2)3/h6-13H,5H2,1-4H3,(H,25,28)(H,26,27). The molecule has 0 fully saturated rings.